The molecule has 0 aliphatic heterocycles. The van der Waals surface area contributed by atoms with Crippen molar-refractivity contribution >= 4 is 21.8 Å². The van der Waals surface area contributed by atoms with E-state index in [-0.39, 0.29) is 5.91 Å². The smallest absolute Gasteiger partial charge is 0.269 e. The van der Waals surface area contributed by atoms with Crippen molar-refractivity contribution in [1.82, 2.24) is 15.1 Å². The van der Waals surface area contributed by atoms with Gasteiger partial charge in [-0.15, -0.1) is 0 Å². The van der Waals surface area contributed by atoms with Crippen LogP contribution in [0.3, 0.4) is 0 Å². The van der Waals surface area contributed by atoms with Crippen LogP contribution in [0.2, 0.25) is 0 Å². The number of nitrogens with one attached hydrogen (secondary N) is 1. The summed E-state index contributed by atoms with van der Waals surface area (Å²) in [6.45, 7) is 4.70. The zero-order valence-corrected chi connectivity index (χ0v) is 11.5. The van der Waals surface area contributed by atoms with Crippen LogP contribution in [0, 0.1) is 12.8 Å². The predicted octanol–water partition coefficient (Wildman–Crippen LogP) is 1.88. The second-order valence-electron chi connectivity index (χ2n) is 4.09. The van der Waals surface area contributed by atoms with E-state index in [0.29, 0.717) is 18.2 Å². The van der Waals surface area contributed by atoms with Gasteiger partial charge in [0.1, 0.15) is 5.69 Å². The van der Waals surface area contributed by atoms with Gasteiger partial charge in [-0.05, 0) is 25.3 Å². The first-order chi connectivity index (χ1) is 7.54. The van der Waals surface area contributed by atoms with Crippen molar-refractivity contribution in [2.75, 3.05) is 11.9 Å². The number of halogens is 1. The molecule has 0 aromatic carbocycles. The van der Waals surface area contributed by atoms with Crippen molar-refractivity contribution in [3.63, 3.8) is 0 Å². The van der Waals surface area contributed by atoms with Crippen molar-refractivity contribution < 1.29 is 4.79 Å². The summed E-state index contributed by atoms with van der Waals surface area (Å²) in [4.78, 5) is 11.8. The largest absolute Gasteiger partial charge is 0.350 e. The Bertz CT molecular complexity index is 362. The van der Waals surface area contributed by atoms with Crippen LogP contribution in [-0.2, 0) is 7.05 Å². The Morgan fingerprint density at radius 1 is 1.69 bits per heavy atom. The summed E-state index contributed by atoms with van der Waals surface area (Å²) >= 11 is 3.39. The Kier molecular flexibility index (Phi) is 4.99. The number of amides is 1. The summed E-state index contributed by atoms with van der Waals surface area (Å²) in [5.74, 6) is 0.433. The molecule has 1 aromatic heterocycles. The molecule has 1 N–H and O–H groups in total. The van der Waals surface area contributed by atoms with E-state index in [4.69, 9.17) is 0 Å². The summed E-state index contributed by atoms with van der Waals surface area (Å²) < 4.78 is 1.61. The van der Waals surface area contributed by atoms with Crippen LogP contribution in [0.4, 0.5) is 0 Å². The lowest BCUT2D eigenvalue weighted by atomic mass is 10.1. The maximum atomic E-state index is 11.8. The second kappa shape index (κ2) is 6.03. The lowest BCUT2D eigenvalue weighted by Gasteiger charge is -2.10. The minimum absolute atomic E-state index is 0.0514. The molecule has 90 valence electrons. The molecule has 1 atom stereocenters. The first-order valence-electron chi connectivity index (χ1n) is 5.39. The molecule has 0 aliphatic rings. The lowest BCUT2D eigenvalue weighted by Crippen LogP contribution is -2.29. The van der Waals surface area contributed by atoms with Crippen molar-refractivity contribution in [1.29, 1.82) is 0 Å². The maximum Gasteiger partial charge on any atom is 0.269 e. The van der Waals surface area contributed by atoms with Gasteiger partial charge in [-0.3, -0.25) is 9.48 Å². The Morgan fingerprint density at radius 3 is 2.88 bits per heavy atom. The Morgan fingerprint density at radius 2 is 2.38 bits per heavy atom. The number of hydrogen-bond acceptors (Lipinski definition) is 2. The number of rotatable bonds is 5. The average Bonchev–Trinajstić information content (AvgIpc) is 2.55. The van der Waals surface area contributed by atoms with Crippen molar-refractivity contribution in [3.8, 4) is 0 Å². The van der Waals surface area contributed by atoms with Gasteiger partial charge in [0.25, 0.3) is 5.91 Å². The minimum atomic E-state index is -0.0514. The highest BCUT2D eigenvalue weighted by Crippen LogP contribution is 2.04. The molecule has 4 nitrogen and oxygen atoms in total. The number of aryl methyl sites for hydroxylation is 2. The van der Waals surface area contributed by atoms with Gasteiger partial charge in [0.2, 0.25) is 0 Å². The summed E-state index contributed by atoms with van der Waals surface area (Å²) in [6.07, 6.45) is 1.06. The van der Waals surface area contributed by atoms with Gasteiger partial charge in [0.05, 0.1) is 5.69 Å². The van der Waals surface area contributed by atoms with Gasteiger partial charge in [0.15, 0.2) is 0 Å². The van der Waals surface area contributed by atoms with Crippen molar-refractivity contribution in [2.24, 2.45) is 13.0 Å². The van der Waals surface area contributed by atoms with Gasteiger partial charge in [-0.2, -0.15) is 5.10 Å². The molecular weight excluding hydrogens is 270 g/mol. The molecular formula is C11H18BrN3O. The van der Waals surface area contributed by atoms with E-state index < -0.39 is 0 Å². The Hall–Kier alpha value is -0.840. The first-order valence-corrected chi connectivity index (χ1v) is 6.51. The summed E-state index contributed by atoms with van der Waals surface area (Å²) in [6, 6.07) is 1.80. The molecule has 0 fully saturated rings. The first kappa shape index (κ1) is 13.2. The van der Waals surface area contributed by atoms with Crippen LogP contribution in [0.5, 0.6) is 0 Å². The molecule has 1 heterocycles. The topological polar surface area (TPSA) is 46.9 Å². The molecule has 1 unspecified atom stereocenters. The zero-order chi connectivity index (χ0) is 12.1. The molecule has 0 saturated heterocycles. The second-order valence-corrected chi connectivity index (χ2v) is 4.88. The van der Waals surface area contributed by atoms with Crippen LogP contribution in [0.15, 0.2) is 6.07 Å². The maximum absolute atomic E-state index is 11.8. The molecule has 0 saturated carbocycles. The summed E-state index contributed by atoms with van der Waals surface area (Å²) in [7, 11) is 1.78. The number of carbonyl (C=O) groups excluding carboxylic acids is 1. The molecule has 0 aliphatic carbocycles. The minimum Gasteiger partial charge on any atom is -0.350 e. The van der Waals surface area contributed by atoms with Crippen LogP contribution in [0.1, 0.15) is 29.5 Å². The average molecular weight is 288 g/mol. The van der Waals surface area contributed by atoms with Crippen molar-refractivity contribution in [2.45, 2.75) is 20.3 Å². The van der Waals surface area contributed by atoms with Crippen LogP contribution < -0.4 is 5.32 Å². The van der Waals surface area contributed by atoms with E-state index in [9.17, 15) is 4.79 Å². The SMILES string of the molecule is Cc1cc(C(=O)NCC(C)CCBr)n(C)n1. The predicted molar refractivity (Wildman–Crippen MR) is 67.9 cm³/mol. The third-order valence-electron chi connectivity index (χ3n) is 2.45. The highest BCUT2D eigenvalue weighted by molar-refractivity contribution is 9.09. The highest BCUT2D eigenvalue weighted by Gasteiger charge is 2.12. The summed E-state index contributed by atoms with van der Waals surface area (Å²) in [5.41, 5.74) is 1.48. The molecule has 16 heavy (non-hydrogen) atoms. The molecule has 0 radical (unpaired) electrons. The van der Waals surface area contributed by atoms with Gasteiger partial charge in [-0.1, -0.05) is 22.9 Å². The van der Waals surface area contributed by atoms with E-state index >= 15 is 0 Å². The van der Waals surface area contributed by atoms with Crippen molar-refractivity contribution in [3.05, 3.63) is 17.5 Å². The highest BCUT2D eigenvalue weighted by atomic mass is 79.9. The van der Waals surface area contributed by atoms with Crippen LogP contribution >= 0.6 is 15.9 Å². The van der Waals surface area contributed by atoms with Gasteiger partial charge in [0, 0.05) is 18.9 Å². The normalized spacial score (nSPS) is 12.5. The zero-order valence-electron chi connectivity index (χ0n) is 9.96. The molecule has 5 heteroatoms. The standard InChI is InChI=1S/C11H18BrN3O/c1-8(4-5-12)7-13-11(16)10-6-9(2)14-15(10)3/h6,8H,4-5,7H2,1-3H3,(H,13,16). The third kappa shape index (κ3) is 3.63. The monoisotopic (exact) mass is 287 g/mol. The fourth-order valence-corrected chi connectivity index (χ4v) is 2.25. The summed E-state index contributed by atoms with van der Waals surface area (Å²) in [5, 5.41) is 8.03. The van der Waals surface area contributed by atoms with E-state index in [1.165, 1.54) is 0 Å². The fraction of sp³-hybridized carbons (Fsp3) is 0.636. The lowest BCUT2D eigenvalue weighted by molar-refractivity contribution is 0.0938. The van der Waals surface area contributed by atoms with E-state index in [0.717, 1.165) is 17.4 Å². The van der Waals surface area contributed by atoms with E-state index in [2.05, 4.69) is 33.3 Å². The molecule has 1 aromatic rings. The quantitative estimate of drug-likeness (QED) is 0.841. The third-order valence-corrected chi connectivity index (χ3v) is 2.91. The molecule has 0 spiro atoms. The number of alkyl halides is 1. The number of carbonyl (C=O) groups is 1. The van der Waals surface area contributed by atoms with E-state index in [1.54, 1.807) is 17.8 Å². The fourth-order valence-electron chi connectivity index (χ4n) is 1.47. The molecule has 0 bridgehead atoms. The number of aromatic nitrogens is 2. The van der Waals surface area contributed by atoms with E-state index in [1.807, 2.05) is 6.92 Å². The Balaban J connectivity index is 2.50. The van der Waals surface area contributed by atoms with Crippen LogP contribution in [-0.4, -0.2) is 27.6 Å². The van der Waals surface area contributed by atoms with Gasteiger partial charge >= 0.3 is 0 Å². The Labute approximate surface area is 105 Å². The molecule has 1 rings (SSSR count). The van der Waals surface area contributed by atoms with Crippen LogP contribution in [0.25, 0.3) is 0 Å². The molecule has 1 amide bonds. The van der Waals surface area contributed by atoms with Gasteiger partial charge in [-0.25, -0.2) is 0 Å². The van der Waals surface area contributed by atoms with Gasteiger partial charge < -0.3 is 5.32 Å². The number of hydrogen-bond donors (Lipinski definition) is 1. The number of nitrogens with zero attached hydrogens (tertiary/aromatic N) is 2.